The molecule has 0 atom stereocenters. The molecule has 0 amide bonds. The summed E-state index contributed by atoms with van der Waals surface area (Å²) in [4.78, 5) is 46.2. The minimum Gasteiger partial charge on any atom is -0.442 e. The molecule has 3 aliphatic heterocycles. The number of carbonyl (C=O) groups is 2. The van der Waals surface area contributed by atoms with E-state index in [2.05, 4.69) is 126 Å². The van der Waals surface area contributed by atoms with Crippen molar-refractivity contribution in [3.63, 3.8) is 0 Å². The van der Waals surface area contributed by atoms with Crippen molar-refractivity contribution in [1.29, 1.82) is 0 Å². The van der Waals surface area contributed by atoms with Crippen molar-refractivity contribution in [1.82, 2.24) is 60.0 Å². The van der Waals surface area contributed by atoms with Crippen LogP contribution < -0.4 is 22.7 Å². The van der Waals surface area contributed by atoms with Crippen molar-refractivity contribution in [3.8, 4) is 0 Å². The molecule has 121 heavy (non-hydrogen) atoms. The van der Waals surface area contributed by atoms with Crippen LogP contribution in [0.2, 0.25) is 30.1 Å². The Morgan fingerprint density at radius 1 is 0.463 bits per heavy atom. The van der Waals surface area contributed by atoms with Gasteiger partial charge in [-0.2, -0.15) is 19.6 Å². The number of nitrogen functional groups attached to an aromatic ring is 3. The van der Waals surface area contributed by atoms with E-state index in [0.717, 1.165) is 78.5 Å². The summed E-state index contributed by atoms with van der Waals surface area (Å²) < 4.78 is 52.8. The summed E-state index contributed by atoms with van der Waals surface area (Å²) in [7, 11) is -1.69. The zero-order valence-corrected chi connectivity index (χ0v) is 82.8. The Hall–Kier alpha value is -6.63. The van der Waals surface area contributed by atoms with E-state index in [0.29, 0.717) is 98.2 Å². The lowest BCUT2D eigenvalue weighted by Gasteiger charge is -2.32. The van der Waals surface area contributed by atoms with Gasteiger partial charge in [-0.05, 0) is 321 Å². The van der Waals surface area contributed by atoms with Gasteiger partial charge in [-0.1, -0.05) is 74.7 Å². The molecule has 6 aromatic heterocycles. The average Bonchev–Trinajstić information content (AvgIpc) is 1.58. The monoisotopic (exact) mass is 2100 g/mol. The molecule has 0 spiro atoms. The van der Waals surface area contributed by atoms with E-state index in [-0.39, 0.29) is 39.9 Å². The molecule has 3 fully saturated rings. The zero-order valence-electron chi connectivity index (χ0n) is 70.4. The van der Waals surface area contributed by atoms with Crippen molar-refractivity contribution in [2.24, 2.45) is 0 Å². The number of benzene rings is 6. The highest BCUT2D eigenvalue weighted by Gasteiger charge is 2.64. The van der Waals surface area contributed by atoms with Gasteiger partial charge in [0.15, 0.2) is 17.5 Å². The van der Waals surface area contributed by atoms with Crippen LogP contribution in [0.1, 0.15) is 158 Å². The topological polar surface area (TPSA) is 412 Å². The van der Waals surface area contributed by atoms with Crippen LogP contribution in [0.3, 0.4) is 0 Å². The molecular weight excluding hydrogens is 2020 g/mol. The molecule has 3 aliphatic rings. The quantitative estimate of drug-likeness (QED) is 0.0541. The number of hydrogen-bond donors (Lipinski definition) is 6. The van der Waals surface area contributed by atoms with Gasteiger partial charge in [0, 0.05) is 43.9 Å². The molecule has 9 heterocycles. The van der Waals surface area contributed by atoms with Crippen LogP contribution in [0.5, 0.6) is 0 Å². The third kappa shape index (κ3) is 20.7. The van der Waals surface area contributed by atoms with E-state index in [1.807, 2.05) is 137 Å². The van der Waals surface area contributed by atoms with Crippen molar-refractivity contribution in [3.05, 3.63) is 155 Å². The van der Waals surface area contributed by atoms with E-state index in [1.54, 1.807) is 72.0 Å². The van der Waals surface area contributed by atoms with Gasteiger partial charge < -0.3 is 74.8 Å². The van der Waals surface area contributed by atoms with Crippen LogP contribution in [0.15, 0.2) is 71.2 Å². The number of H-pyrrole nitrogens is 3. The molecule has 0 bridgehead atoms. The summed E-state index contributed by atoms with van der Waals surface area (Å²) in [6.07, 6.45) is 1.89. The van der Waals surface area contributed by atoms with Gasteiger partial charge >= 0.3 is 39.1 Å². The Morgan fingerprint density at radius 3 is 1.28 bits per heavy atom. The fourth-order valence-electron chi connectivity index (χ4n) is 11.9. The maximum absolute atomic E-state index is 12.6. The third-order valence-corrected chi connectivity index (χ3v) is 28.5. The highest BCUT2D eigenvalue weighted by atomic mass is 79.9. The molecule has 0 unspecified atom stereocenters. The van der Waals surface area contributed by atoms with Gasteiger partial charge in [0.05, 0.1) is 118 Å². The molecule has 31 nitrogen and oxygen atoms in total. The number of nitrogens with two attached hydrogens (primary N) is 3. The zero-order chi connectivity index (χ0) is 91.1. The number of halogens is 11. The number of rotatable bonds is 4. The van der Waals surface area contributed by atoms with E-state index in [4.69, 9.17) is 124 Å². The summed E-state index contributed by atoms with van der Waals surface area (Å²) in [5.74, 6) is 0.689. The second-order valence-electron chi connectivity index (χ2n) is 33.5. The fraction of sp³-hybridized carbons (Fsp3) is 0.421. The smallest absolute Gasteiger partial charge is 0.442 e. The highest BCUT2D eigenvalue weighted by molar-refractivity contribution is 9.11. The van der Waals surface area contributed by atoms with Gasteiger partial charge in [-0.3, -0.25) is 10.2 Å². The highest BCUT2D eigenvalue weighted by Crippen LogP contribution is 2.46. The van der Waals surface area contributed by atoms with Crippen LogP contribution in [-0.2, 0) is 37.4 Å². The first-order valence-corrected chi connectivity index (χ1v) is 43.2. The Kier molecular flexibility index (Phi) is 29.5. The predicted octanol–water partition coefficient (Wildman–Crippen LogP) is 22.2. The summed E-state index contributed by atoms with van der Waals surface area (Å²) in [5, 5.41) is 59.9. The number of aryl methyl sites for hydroxylation is 6. The van der Waals surface area contributed by atoms with Gasteiger partial charge in [-0.15, -0.1) is 15.3 Å². The lowest BCUT2D eigenvalue weighted by atomic mass is 9.49. The number of anilines is 3. The lowest BCUT2D eigenvalue weighted by Crippen LogP contribution is -2.41. The average molecular weight is 2110 g/mol. The molecular formula is C76H89B3Br5Cl6N17O14. The summed E-state index contributed by atoms with van der Waals surface area (Å²) in [6, 6.07) is 10.8. The second-order valence-corrected chi connectivity index (χ2v) is 39.7. The fourth-order valence-corrected chi connectivity index (χ4v) is 16.3. The molecule has 648 valence electrons. The minimum absolute atomic E-state index is 0.154. The number of nitro groups is 2. The molecule has 3 saturated heterocycles. The molecule has 6 aromatic carbocycles. The molecule has 0 saturated carbocycles. The molecule has 0 aliphatic carbocycles. The number of carbonyl (C=O) groups excluding carboxylic acids is 2. The van der Waals surface area contributed by atoms with Crippen molar-refractivity contribution < 1.29 is 56.9 Å². The van der Waals surface area contributed by atoms with Gasteiger partial charge in [0.2, 0.25) is 5.52 Å². The normalized spacial score (nSPS) is 16.0. The van der Waals surface area contributed by atoms with E-state index in [9.17, 15) is 29.8 Å². The minimum atomic E-state index is -0.738. The molecule has 15 rings (SSSR count). The van der Waals surface area contributed by atoms with Crippen molar-refractivity contribution in [2.45, 2.75) is 211 Å². The van der Waals surface area contributed by atoms with Crippen molar-refractivity contribution >= 4 is 277 Å². The first-order chi connectivity index (χ1) is 55.5. The Labute approximate surface area is 770 Å². The molecule has 0 radical (unpaired) electrons. The third-order valence-electron chi connectivity index (χ3n) is 20.4. The standard InChI is InChI=1S/C19H27BClN3O4.C13H15BrClN3O2.C12H24B2O4.2C8H5BrClN3O2.C8H7BrClN3.C8H6BrClN2/c1-10-9-11-12(15(22)23-24(11)16(25)26-17(2,3)4)13(14(10)21)20-27-18(5,6)19(7,8)28-20;1-6-5-7-8(9(14)10(6)15)11(16)17-18(7)12(19)20-13(2,3)4;1-9(2)10(3,4)16-13(15-9)14-17-11(5,6)12(7,8)18-14;1-4-2-6-5(7(9)8(4)10)3-12(11-6)13(14)15;1-3-2-4-5(6(9)7(3)10)8(12-11-4)13(14)15;1-3-2-4-5(6(9)7(3)10)8(11)13-12-4;1-4-2-6-5(3-11-12-6)7(9)8(4)10/h9H,1-8H3,(H2,22,23);5H,1-4H3,(H2,16,17);1-8H3;2-3H,1H3;2H,1H3,(H,11,12);2H,1H3,(H3,11,12,13);2-3H,1H3,(H,11,12). The Balaban J connectivity index is 0.000000163. The SMILES string of the molecule is CC1(C)OB(B2OC(C)(C)C(C)(C)O2)OC1(C)C.Cc1cc2[nH]nc(N)c2c(Br)c1Cl.Cc1cc2[nH]ncc2c(Br)c1Cl.Cc1cc2c(c(N)nn2C(=O)OC(C)(C)C)c(B2OC(C)(C)C(C)(C)O2)c1Cl.Cc1cc2c(c(N)nn2C(=O)OC(C)(C)C)c(Br)c1Cl.Cc1cc2n[nH]c([N+](=O)[O-])c2c(Br)c1Cl.Cc1cc2nn([N+](=O)[O-])cc2c(Br)c1Cl. The number of nitrogens with zero attached hydrogens (tertiary/aromatic N) is 11. The maximum atomic E-state index is 12.6. The van der Waals surface area contributed by atoms with Crippen LogP contribution in [0.4, 0.5) is 32.9 Å². The van der Waals surface area contributed by atoms with Gasteiger partial charge in [0.1, 0.15) is 28.3 Å². The molecule has 9 N–H and O–H groups in total. The lowest BCUT2D eigenvalue weighted by molar-refractivity contribution is -0.552. The number of ether oxygens (including phenoxy) is 2. The van der Waals surface area contributed by atoms with E-state index >= 15 is 0 Å². The Morgan fingerprint density at radius 2 is 0.835 bits per heavy atom. The van der Waals surface area contributed by atoms with E-state index < -0.39 is 65.7 Å². The second kappa shape index (κ2) is 36.4. The number of hydrogen-bond acceptors (Lipinski definition) is 23. The summed E-state index contributed by atoms with van der Waals surface area (Å²) in [6.45, 7) is 46.0. The predicted molar refractivity (Wildman–Crippen MR) is 498 cm³/mol. The largest absolute Gasteiger partial charge is 0.497 e. The Bertz CT molecular complexity index is 5990. The number of fused-ring (bicyclic) bond motifs is 6. The van der Waals surface area contributed by atoms with Gasteiger partial charge in [-0.25, -0.2) is 9.59 Å². The van der Waals surface area contributed by atoms with Crippen molar-refractivity contribution in [2.75, 3.05) is 17.2 Å². The van der Waals surface area contributed by atoms with Crippen LogP contribution in [0, 0.1) is 61.8 Å². The first kappa shape index (κ1) is 98.2. The number of nitrogens with one attached hydrogen (secondary N) is 3. The maximum Gasteiger partial charge on any atom is 0.497 e. The van der Waals surface area contributed by atoms with E-state index in [1.165, 1.54) is 6.20 Å². The summed E-state index contributed by atoms with van der Waals surface area (Å²) >= 11 is 53.6. The van der Waals surface area contributed by atoms with Gasteiger partial charge in [0.25, 0.3) is 0 Å². The van der Waals surface area contributed by atoms with Crippen LogP contribution in [-0.4, -0.2) is 148 Å². The first-order valence-electron chi connectivity index (χ1n) is 36.9. The van der Waals surface area contributed by atoms with Crippen LogP contribution >= 0.6 is 149 Å². The number of aromatic nitrogens is 12. The molecule has 12 aromatic rings. The van der Waals surface area contributed by atoms with Crippen LogP contribution in [0.25, 0.3) is 65.4 Å². The summed E-state index contributed by atoms with van der Waals surface area (Å²) in [5.41, 5.74) is 23.8. The number of aromatic amines is 3. The molecule has 45 heteroatoms.